The van der Waals surface area contributed by atoms with E-state index in [4.69, 9.17) is 33.6 Å². The number of benzene rings is 1. The molecule has 4 N–H and O–H groups in total. The van der Waals surface area contributed by atoms with Crippen molar-refractivity contribution in [2.75, 3.05) is 11.5 Å². The molecule has 0 aliphatic heterocycles. The van der Waals surface area contributed by atoms with Gasteiger partial charge in [0, 0.05) is 28.5 Å². The molecular formula is C15H18Cl2N4O4S. The molecular weight excluding hydrogens is 403 g/mol. The van der Waals surface area contributed by atoms with E-state index in [0.29, 0.717) is 5.56 Å². The van der Waals surface area contributed by atoms with E-state index in [-0.39, 0.29) is 50.6 Å². The highest BCUT2D eigenvalue weighted by atomic mass is 35.5. The molecule has 0 fully saturated rings. The van der Waals surface area contributed by atoms with Crippen LogP contribution in [0.5, 0.6) is 0 Å². The van der Waals surface area contributed by atoms with Crippen molar-refractivity contribution in [2.24, 2.45) is 15.5 Å². The van der Waals surface area contributed by atoms with Gasteiger partial charge in [-0.3, -0.25) is 4.79 Å². The second-order valence-electron chi connectivity index (χ2n) is 5.34. The first-order valence-corrected chi connectivity index (χ1v) is 9.22. The van der Waals surface area contributed by atoms with Crippen molar-refractivity contribution in [3.05, 3.63) is 34.9 Å². The molecule has 0 atom stereocenters. The minimum atomic E-state index is -0.225. The number of carbonyl (C=O) groups is 1. The Balaban J connectivity index is 3.04. The lowest BCUT2D eigenvalue weighted by Crippen LogP contribution is -2.31. The van der Waals surface area contributed by atoms with Crippen LogP contribution in [0.4, 0.5) is 0 Å². The summed E-state index contributed by atoms with van der Waals surface area (Å²) in [6.07, 6.45) is 0. The van der Waals surface area contributed by atoms with Crippen LogP contribution < -0.4 is 5.32 Å². The van der Waals surface area contributed by atoms with Crippen LogP contribution in [0.2, 0.25) is 0 Å². The topological polar surface area (TPSA) is 127 Å². The van der Waals surface area contributed by atoms with Crippen LogP contribution in [0.1, 0.15) is 30.5 Å². The lowest BCUT2D eigenvalue weighted by molar-refractivity contribution is -0.119. The van der Waals surface area contributed by atoms with Crippen LogP contribution in [0.15, 0.2) is 33.7 Å². The quantitative estimate of drug-likeness (QED) is 0.292. The normalized spacial score (nSPS) is 13.2. The van der Waals surface area contributed by atoms with Crippen molar-refractivity contribution in [1.82, 2.24) is 5.32 Å². The summed E-state index contributed by atoms with van der Waals surface area (Å²) in [6, 6.07) is 4.49. The summed E-state index contributed by atoms with van der Waals surface area (Å²) >= 11 is 12.9. The van der Waals surface area contributed by atoms with Gasteiger partial charge in [0.25, 0.3) is 0 Å². The zero-order valence-corrected chi connectivity index (χ0v) is 16.3. The molecule has 0 radical (unpaired) electrons. The van der Waals surface area contributed by atoms with Crippen molar-refractivity contribution >= 4 is 56.9 Å². The van der Waals surface area contributed by atoms with E-state index in [0.717, 1.165) is 0 Å². The number of carbonyl (C=O) groups excluding carboxylic acids is 1. The molecule has 1 rings (SSSR count). The Hall–Kier alpha value is -1.97. The number of thioether (sulfide) groups is 1. The summed E-state index contributed by atoms with van der Waals surface area (Å²) in [7, 11) is 0. The second kappa shape index (κ2) is 10.9. The Kier molecular flexibility index (Phi) is 9.25. The molecule has 0 spiro atoms. The molecule has 1 amide bonds. The van der Waals surface area contributed by atoms with Gasteiger partial charge in [0.15, 0.2) is 10.3 Å². The Morgan fingerprint density at radius 1 is 1.00 bits per heavy atom. The highest BCUT2D eigenvalue weighted by Gasteiger charge is 2.14. The summed E-state index contributed by atoms with van der Waals surface area (Å²) in [4.78, 5) is 11.7. The first-order valence-electron chi connectivity index (χ1n) is 7.31. The number of rotatable bonds is 8. The summed E-state index contributed by atoms with van der Waals surface area (Å²) < 4.78 is 0. The van der Waals surface area contributed by atoms with Gasteiger partial charge in [-0.15, -0.1) is 11.8 Å². The smallest absolute Gasteiger partial charge is 0.230 e. The first-order chi connectivity index (χ1) is 12.3. The average Bonchev–Trinajstić information content (AvgIpc) is 2.62. The number of nitrogens with zero attached hydrogens (tertiary/aromatic N) is 3. The Bertz CT molecular complexity index is 702. The molecule has 11 heteroatoms. The maximum Gasteiger partial charge on any atom is 0.230 e. The monoisotopic (exact) mass is 420 g/mol. The molecule has 0 saturated heterocycles. The van der Waals surface area contributed by atoms with Crippen LogP contribution in [0.3, 0.4) is 0 Å². The molecule has 26 heavy (non-hydrogen) atoms. The molecule has 0 bridgehead atoms. The van der Waals surface area contributed by atoms with Crippen LogP contribution in [-0.4, -0.2) is 55.1 Å². The number of amides is 1. The van der Waals surface area contributed by atoms with E-state index in [2.05, 4.69) is 20.8 Å². The van der Waals surface area contributed by atoms with Crippen molar-refractivity contribution in [1.29, 1.82) is 0 Å². The fourth-order valence-corrected chi connectivity index (χ4v) is 2.93. The molecule has 8 nitrogen and oxygen atoms in total. The average molecular weight is 421 g/mol. The molecule has 1 aromatic carbocycles. The van der Waals surface area contributed by atoms with Gasteiger partial charge in [-0.1, -0.05) is 38.7 Å². The van der Waals surface area contributed by atoms with E-state index < -0.39 is 0 Å². The van der Waals surface area contributed by atoms with Gasteiger partial charge in [0.05, 0.1) is 11.5 Å². The third-order valence-electron chi connectivity index (χ3n) is 2.96. The van der Waals surface area contributed by atoms with E-state index in [1.807, 2.05) is 13.8 Å². The summed E-state index contributed by atoms with van der Waals surface area (Å²) in [6.45, 7) is 3.71. The fourth-order valence-electron chi connectivity index (χ4n) is 1.92. The van der Waals surface area contributed by atoms with Crippen LogP contribution >= 0.6 is 35.0 Å². The number of hydrogen-bond donors (Lipinski definition) is 4. The van der Waals surface area contributed by atoms with E-state index in [9.17, 15) is 10.0 Å². The number of hydrogen-bond acceptors (Lipinski definition) is 8. The maximum absolute atomic E-state index is 11.7. The molecule has 0 aromatic heterocycles. The van der Waals surface area contributed by atoms with Gasteiger partial charge in [-0.05, 0) is 32.0 Å². The lowest BCUT2D eigenvalue weighted by atomic mass is 10.0. The third kappa shape index (κ3) is 6.74. The number of halogens is 2. The Morgan fingerprint density at radius 2 is 1.50 bits per heavy atom. The summed E-state index contributed by atoms with van der Waals surface area (Å²) in [5.74, 6) is 0.261. The van der Waals surface area contributed by atoms with Gasteiger partial charge < -0.3 is 20.9 Å². The molecule has 0 unspecified atom stereocenters. The molecule has 0 saturated carbocycles. The zero-order valence-electron chi connectivity index (χ0n) is 14.0. The predicted octanol–water partition coefficient (Wildman–Crippen LogP) is 2.87. The fraction of sp³-hybridized carbons (Fsp3) is 0.333. The summed E-state index contributed by atoms with van der Waals surface area (Å²) in [5, 5.41) is 38.4. The molecule has 0 aliphatic carbocycles. The predicted molar refractivity (Wildman–Crippen MR) is 104 cm³/mol. The van der Waals surface area contributed by atoms with E-state index >= 15 is 0 Å². The molecule has 1 aromatic rings. The highest BCUT2D eigenvalue weighted by Crippen LogP contribution is 2.18. The van der Waals surface area contributed by atoms with Crippen molar-refractivity contribution in [2.45, 2.75) is 19.9 Å². The van der Waals surface area contributed by atoms with Gasteiger partial charge in [-0.2, -0.15) is 0 Å². The van der Waals surface area contributed by atoms with E-state index in [1.165, 1.54) is 30.0 Å². The Labute approximate surface area is 164 Å². The Morgan fingerprint density at radius 3 is 1.92 bits per heavy atom. The molecule has 142 valence electrons. The largest absolute Gasteiger partial charge is 0.411 e. The van der Waals surface area contributed by atoms with Gasteiger partial charge in [0.1, 0.15) is 0 Å². The van der Waals surface area contributed by atoms with Crippen LogP contribution in [0.25, 0.3) is 0 Å². The van der Waals surface area contributed by atoms with E-state index in [1.54, 1.807) is 0 Å². The van der Waals surface area contributed by atoms with Gasteiger partial charge >= 0.3 is 0 Å². The van der Waals surface area contributed by atoms with Crippen molar-refractivity contribution in [3.8, 4) is 0 Å². The lowest BCUT2D eigenvalue weighted by Gasteiger charge is -2.10. The maximum atomic E-state index is 11.7. The number of oxime groups is 3. The zero-order chi connectivity index (χ0) is 19.7. The minimum Gasteiger partial charge on any atom is -0.411 e. The number of nitrogens with one attached hydrogen (secondary N) is 1. The molecule has 0 heterocycles. The SMILES string of the molecule is CC(C)NC(=O)CSC/C(=N/O)c1cc(/C(Cl)=N/O)cc(/C(Cl)=N/O)c1. The minimum absolute atomic E-state index is 0.0353. The van der Waals surface area contributed by atoms with Crippen molar-refractivity contribution in [3.63, 3.8) is 0 Å². The van der Waals surface area contributed by atoms with Crippen LogP contribution in [-0.2, 0) is 4.79 Å². The second-order valence-corrected chi connectivity index (χ2v) is 7.04. The van der Waals surface area contributed by atoms with Crippen LogP contribution in [0, 0.1) is 0 Å². The molecule has 0 aliphatic rings. The standard InChI is InChI=1S/C15H18Cl2N4O4S/c1-8(2)18-13(22)7-26-6-12(19-23)9-3-10(14(16)20-24)5-11(4-9)15(17)21-25/h3-5,8,23-25H,6-7H2,1-2H3,(H,18,22)/b19-12-,20-14-,21-15-. The third-order valence-corrected chi connectivity index (χ3v) is 4.49. The highest BCUT2D eigenvalue weighted by molar-refractivity contribution is 8.00. The van der Waals surface area contributed by atoms with Gasteiger partial charge in [-0.25, -0.2) is 0 Å². The van der Waals surface area contributed by atoms with Crippen molar-refractivity contribution < 1.29 is 20.4 Å². The first kappa shape index (κ1) is 22.1. The summed E-state index contributed by atoms with van der Waals surface area (Å²) in [5.41, 5.74) is 1.18. The van der Waals surface area contributed by atoms with Gasteiger partial charge in [0.2, 0.25) is 5.91 Å².